The average molecular weight is 374 g/mol. The number of amides is 3. The Bertz CT molecular complexity index is 802. The van der Waals surface area contributed by atoms with Gasteiger partial charge in [-0.05, 0) is 68.1 Å². The van der Waals surface area contributed by atoms with Gasteiger partial charge in [-0.1, -0.05) is 11.6 Å². The highest BCUT2D eigenvalue weighted by Gasteiger charge is 2.18. The Balaban J connectivity index is 1.63. The quantitative estimate of drug-likeness (QED) is 0.724. The number of anilines is 2. The summed E-state index contributed by atoms with van der Waals surface area (Å²) in [6, 6.07) is 11.0. The molecule has 2 aromatic carbocycles. The lowest BCUT2D eigenvalue weighted by atomic mass is 10.2. The number of rotatable bonds is 5. The molecule has 4 N–H and O–H groups in total. The lowest BCUT2D eigenvalue weighted by Crippen LogP contribution is -2.19. The van der Waals surface area contributed by atoms with Crippen molar-refractivity contribution < 1.29 is 14.3 Å². The van der Waals surface area contributed by atoms with Crippen molar-refractivity contribution in [2.24, 2.45) is 5.73 Å². The molecule has 1 aliphatic carbocycles. The second-order valence-corrected chi connectivity index (χ2v) is 6.60. The van der Waals surface area contributed by atoms with E-state index in [1.807, 2.05) is 0 Å². The molecular weight excluding hydrogens is 354 g/mol. The SMILES string of the molecule is NC(=O)Nc1ccc(C(=O)Nc2ccc(OC3CCCC3)c(Cl)c2)cc1. The van der Waals surface area contributed by atoms with Crippen LogP contribution in [0.15, 0.2) is 42.5 Å². The van der Waals surface area contributed by atoms with E-state index in [-0.39, 0.29) is 12.0 Å². The number of hydrogen-bond donors (Lipinski definition) is 3. The zero-order valence-corrected chi connectivity index (χ0v) is 14.9. The predicted octanol–water partition coefficient (Wildman–Crippen LogP) is 4.40. The first-order valence-corrected chi connectivity index (χ1v) is 8.83. The number of urea groups is 1. The Morgan fingerprint density at radius 1 is 1.00 bits per heavy atom. The number of carbonyl (C=O) groups excluding carboxylic acids is 2. The molecule has 0 bridgehead atoms. The van der Waals surface area contributed by atoms with Crippen LogP contribution in [0.25, 0.3) is 0 Å². The number of nitrogens with one attached hydrogen (secondary N) is 2. The van der Waals surface area contributed by atoms with Crippen LogP contribution in [0.2, 0.25) is 5.02 Å². The van der Waals surface area contributed by atoms with Crippen molar-refractivity contribution in [3.8, 4) is 5.75 Å². The molecule has 7 heteroatoms. The van der Waals surface area contributed by atoms with Crippen LogP contribution in [-0.4, -0.2) is 18.0 Å². The summed E-state index contributed by atoms with van der Waals surface area (Å²) in [4.78, 5) is 23.1. The molecule has 1 aliphatic rings. The van der Waals surface area contributed by atoms with Gasteiger partial charge < -0.3 is 21.1 Å². The fraction of sp³-hybridized carbons (Fsp3) is 0.263. The van der Waals surface area contributed by atoms with Gasteiger partial charge in [0.15, 0.2) is 0 Å². The third kappa shape index (κ3) is 4.67. The normalized spacial score (nSPS) is 14.0. The van der Waals surface area contributed by atoms with E-state index >= 15 is 0 Å². The second-order valence-electron chi connectivity index (χ2n) is 6.19. The summed E-state index contributed by atoms with van der Waals surface area (Å²) in [5.41, 5.74) is 6.60. The molecule has 6 nitrogen and oxygen atoms in total. The van der Waals surface area contributed by atoms with Gasteiger partial charge in [-0.25, -0.2) is 4.79 Å². The highest BCUT2D eigenvalue weighted by Crippen LogP contribution is 2.31. The molecule has 2 aromatic rings. The Labute approximate surface area is 156 Å². The molecule has 1 saturated carbocycles. The van der Waals surface area contributed by atoms with E-state index in [1.54, 1.807) is 42.5 Å². The van der Waals surface area contributed by atoms with E-state index in [9.17, 15) is 9.59 Å². The second kappa shape index (κ2) is 8.10. The van der Waals surface area contributed by atoms with E-state index in [0.717, 1.165) is 12.8 Å². The van der Waals surface area contributed by atoms with Crippen molar-refractivity contribution in [2.75, 3.05) is 10.6 Å². The van der Waals surface area contributed by atoms with Crippen molar-refractivity contribution in [3.63, 3.8) is 0 Å². The number of nitrogens with two attached hydrogens (primary N) is 1. The molecule has 0 radical (unpaired) electrons. The van der Waals surface area contributed by atoms with Crippen molar-refractivity contribution in [3.05, 3.63) is 53.1 Å². The third-order valence-electron chi connectivity index (χ3n) is 4.20. The number of ether oxygens (including phenoxy) is 1. The van der Waals surface area contributed by atoms with E-state index in [4.69, 9.17) is 22.1 Å². The van der Waals surface area contributed by atoms with E-state index in [1.165, 1.54) is 12.8 Å². The first-order chi connectivity index (χ1) is 12.5. The Kier molecular flexibility index (Phi) is 5.63. The van der Waals surface area contributed by atoms with Crippen molar-refractivity contribution in [2.45, 2.75) is 31.8 Å². The molecule has 0 aliphatic heterocycles. The van der Waals surface area contributed by atoms with Crippen LogP contribution < -0.4 is 21.1 Å². The fourth-order valence-electron chi connectivity index (χ4n) is 2.91. The summed E-state index contributed by atoms with van der Waals surface area (Å²) in [5.74, 6) is 0.356. The summed E-state index contributed by atoms with van der Waals surface area (Å²) in [6.45, 7) is 0. The van der Waals surface area contributed by atoms with Crippen LogP contribution in [0.3, 0.4) is 0 Å². The predicted molar refractivity (Wildman–Crippen MR) is 102 cm³/mol. The minimum Gasteiger partial charge on any atom is -0.489 e. The third-order valence-corrected chi connectivity index (χ3v) is 4.50. The van der Waals surface area contributed by atoms with E-state index in [0.29, 0.717) is 27.7 Å². The zero-order valence-electron chi connectivity index (χ0n) is 14.1. The van der Waals surface area contributed by atoms with Crippen molar-refractivity contribution >= 4 is 34.9 Å². The molecule has 3 amide bonds. The van der Waals surface area contributed by atoms with Gasteiger partial charge in [0, 0.05) is 16.9 Å². The lowest BCUT2D eigenvalue weighted by Gasteiger charge is -2.15. The summed E-state index contributed by atoms with van der Waals surface area (Å²) in [5, 5.41) is 5.70. The smallest absolute Gasteiger partial charge is 0.316 e. The Morgan fingerprint density at radius 3 is 2.27 bits per heavy atom. The summed E-state index contributed by atoms with van der Waals surface area (Å²) in [7, 11) is 0. The van der Waals surface area contributed by atoms with Gasteiger partial charge in [0.25, 0.3) is 5.91 Å². The molecule has 136 valence electrons. The number of halogens is 1. The maximum atomic E-state index is 12.3. The summed E-state index contributed by atoms with van der Waals surface area (Å²) >= 11 is 6.28. The summed E-state index contributed by atoms with van der Waals surface area (Å²) in [6.07, 6.45) is 4.69. The molecule has 0 heterocycles. The van der Waals surface area contributed by atoms with Crippen LogP contribution >= 0.6 is 11.6 Å². The van der Waals surface area contributed by atoms with Crippen LogP contribution in [-0.2, 0) is 0 Å². The maximum absolute atomic E-state index is 12.3. The fourth-order valence-corrected chi connectivity index (χ4v) is 3.14. The highest BCUT2D eigenvalue weighted by molar-refractivity contribution is 6.32. The van der Waals surface area contributed by atoms with Crippen molar-refractivity contribution in [1.82, 2.24) is 0 Å². The van der Waals surface area contributed by atoms with Gasteiger partial charge in [-0.3, -0.25) is 4.79 Å². The first-order valence-electron chi connectivity index (χ1n) is 8.45. The topological polar surface area (TPSA) is 93.5 Å². The first kappa shape index (κ1) is 18.1. The number of benzene rings is 2. The monoisotopic (exact) mass is 373 g/mol. The maximum Gasteiger partial charge on any atom is 0.316 e. The standard InChI is InChI=1S/C19H20ClN3O3/c20-16-11-14(9-10-17(16)26-15-3-1-2-4-15)22-18(24)12-5-7-13(8-6-12)23-19(21)25/h5-11,15H,1-4H2,(H,22,24)(H3,21,23,25). The largest absolute Gasteiger partial charge is 0.489 e. The van der Waals surface area contributed by atoms with Crippen LogP contribution in [0.5, 0.6) is 5.75 Å². The molecule has 1 fully saturated rings. The molecule has 26 heavy (non-hydrogen) atoms. The van der Waals surface area contributed by atoms with Crippen molar-refractivity contribution in [1.29, 1.82) is 0 Å². The minimum absolute atomic E-state index is 0.223. The number of primary amides is 1. The van der Waals surface area contributed by atoms with Gasteiger partial charge in [0.05, 0.1) is 11.1 Å². The number of carbonyl (C=O) groups is 2. The number of hydrogen-bond acceptors (Lipinski definition) is 3. The van der Waals surface area contributed by atoms with Crippen LogP contribution in [0.1, 0.15) is 36.0 Å². The zero-order chi connectivity index (χ0) is 18.5. The molecule has 3 rings (SSSR count). The van der Waals surface area contributed by atoms with Gasteiger partial charge in [0.1, 0.15) is 5.75 Å². The molecule has 0 spiro atoms. The van der Waals surface area contributed by atoms with Gasteiger partial charge in [-0.15, -0.1) is 0 Å². The molecular formula is C19H20ClN3O3. The average Bonchev–Trinajstić information content (AvgIpc) is 3.10. The molecule has 0 saturated heterocycles. The van der Waals surface area contributed by atoms with E-state index < -0.39 is 6.03 Å². The molecule has 0 unspecified atom stereocenters. The van der Waals surface area contributed by atoms with Gasteiger partial charge in [-0.2, -0.15) is 0 Å². The molecule has 0 atom stereocenters. The van der Waals surface area contributed by atoms with E-state index in [2.05, 4.69) is 10.6 Å². The lowest BCUT2D eigenvalue weighted by molar-refractivity contribution is 0.102. The summed E-state index contributed by atoms with van der Waals surface area (Å²) < 4.78 is 5.91. The molecule has 0 aromatic heterocycles. The Morgan fingerprint density at radius 2 is 1.65 bits per heavy atom. The minimum atomic E-state index is -0.656. The van der Waals surface area contributed by atoms with Gasteiger partial charge >= 0.3 is 6.03 Å². The Hall–Kier alpha value is -2.73. The van der Waals surface area contributed by atoms with Crippen LogP contribution in [0, 0.1) is 0 Å². The van der Waals surface area contributed by atoms with Crippen LogP contribution in [0.4, 0.5) is 16.2 Å². The van der Waals surface area contributed by atoms with Gasteiger partial charge in [0.2, 0.25) is 0 Å². The highest BCUT2D eigenvalue weighted by atomic mass is 35.5.